The Kier molecular flexibility index (Phi) is 3.25. The maximum atomic E-state index is 11.1. The van der Waals surface area contributed by atoms with Gasteiger partial charge in [-0.15, -0.1) is 0 Å². The van der Waals surface area contributed by atoms with E-state index in [9.17, 15) is 4.79 Å². The van der Waals surface area contributed by atoms with E-state index < -0.39 is 0 Å². The van der Waals surface area contributed by atoms with Crippen molar-refractivity contribution >= 4 is 5.91 Å². The van der Waals surface area contributed by atoms with E-state index in [4.69, 9.17) is 5.73 Å². The Bertz CT molecular complexity index is 359. The molecule has 86 valence electrons. The van der Waals surface area contributed by atoms with Crippen molar-refractivity contribution in [3.05, 3.63) is 35.9 Å². The number of carbonyl (C=O) groups is 1. The van der Waals surface area contributed by atoms with Crippen molar-refractivity contribution < 1.29 is 4.79 Å². The van der Waals surface area contributed by atoms with E-state index in [0.29, 0.717) is 5.92 Å². The molecule has 1 aromatic carbocycles. The molecule has 2 rings (SSSR count). The molecular weight excluding hydrogens is 200 g/mol. The zero-order valence-electron chi connectivity index (χ0n) is 9.52. The number of benzene rings is 1. The van der Waals surface area contributed by atoms with Crippen LogP contribution in [0, 0.1) is 5.92 Å². The molecule has 0 spiro atoms. The van der Waals surface area contributed by atoms with Crippen molar-refractivity contribution in [3.8, 4) is 0 Å². The first-order chi connectivity index (χ1) is 7.68. The van der Waals surface area contributed by atoms with Crippen molar-refractivity contribution in [2.75, 3.05) is 0 Å². The zero-order valence-corrected chi connectivity index (χ0v) is 9.52. The highest BCUT2D eigenvalue weighted by atomic mass is 16.1. The van der Waals surface area contributed by atoms with E-state index in [1.165, 1.54) is 18.4 Å². The molecule has 0 radical (unpaired) electrons. The highest BCUT2D eigenvalue weighted by Gasteiger charge is 2.33. The van der Waals surface area contributed by atoms with Crippen LogP contribution < -0.4 is 11.1 Å². The summed E-state index contributed by atoms with van der Waals surface area (Å²) in [5, 5.41) is 3.32. The number of primary amides is 1. The zero-order chi connectivity index (χ0) is 11.5. The van der Waals surface area contributed by atoms with Crippen molar-refractivity contribution in [1.82, 2.24) is 5.32 Å². The summed E-state index contributed by atoms with van der Waals surface area (Å²) < 4.78 is 0. The number of carbonyl (C=O) groups excluding carboxylic acids is 1. The minimum Gasteiger partial charge on any atom is -0.368 e. The molecule has 0 saturated heterocycles. The van der Waals surface area contributed by atoms with Gasteiger partial charge in [0, 0.05) is 6.04 Å². The van der Waals surface area contributed by atoms with E-state index in [0.717, 1.165) is 0 Å². The number of nitrogens with two attached hydrogens (primary N) is 1. The number of amides is 1. The molecule has 1 aliphatic carbocycles. The highest BCUT2D eigenvalue weighted by molar-refractivity contribution is 5.79. The standard InChI is InChI=1S/C13H18N2O/c1-9(13(14)16)15-12(11-7-8-11)10-5-3-2-4-6-10/h2-6,9,11-12,15H,7-8H2,1H3,(H2,14,16). The third-order valence-corrected chi connectivity index (χ3v) is 3.11. The van der Waals surface area contributed by atoms with Crippen LogP contribution in [0.2, 0.25) is 0 Å². The largest absolute Gasteiger partial charge is 0.368 e. The van der Waals surface area contributed by atoms with E-state index in [1.54, 1.807) is 0 Å². The second kappa shape index (κ2) is 4.66. The Morgan fingerprint density at radius 3 is 2.50 bits per heavy atom. The Labute approximate surface area is 96.0 Å². The van der Waals surface area contributed by atoms with E-state index in [2.05, 4.69) is 17.4 Å². The first-order valence-electron chi connectivity index (χ1n) is 5.79. The van der Waals surface area contributed by atoms with E-state index in [1.807, 2.05) is 25.1 Å². The van der Waals surface area contributed by atoms with Crippen LogP contribution >= 0.6 is 0 Å². The topological polar surface area (TPSA) is 55.1 Å². The van der Waals surface area contributed by atoms with Gasteiger partial charge in [0.25, 0.3) is 0 Å². The lowest BCUT2D eigenvalue weighted by Gasteiger charge is -2.21. The molecule has 1 amide bonds. The summed E-state index contributed by atoms with van der Waals surface area (Å²) in [5.74, 6) is 0.366. The predicted octanol–water partition coefficient (Wildman–Crippen LogP) is 1.60. The molecule has 1 aliphatic rings. The molecule has 1 aromatic rings. The van der Waals surface area contributed by atoms with Crippen molar-refractivity contribution in [2.24, 2.45) is 11.7 Å². The van der Waals surface area contributed by atoms with Gasteiger partial charge >= 0.3 is 0 Å². The second-order valence-corrected chi connectivity index (χ2v) is 4.52. The third-order valence-electron chi connectivity index (χ3n) is 3.11. The summed E-state index contributed by atoms with van der Waals surface area (Å²) in [5.41, 5.74) is 6.53. The van der Waals surface area contributed by atoms with Gasteiger partial charge in [0.2, 0.25) is 5.91 Å². The maximum absolute atomic E-state index is 11.1. The Morgan fingerprint density at radius 1 is 1.38 bits per heavy atom. The predicted molar refractivity (Wildman–Crippen MR) is 63.7 cm³/mol. The molecule has 0 aliphatic heterocycles. The Morgan fingerprint density at radius 2 is 2.00 bits per heavy atom. The van der Waals surface area contributed by atoms with Gasteiger partial charge in [-0.3, -0.25) is 10.1 Å². The van der Waals surface area contributed by atoms with Crippen molar-refractivity contribution in [2.45, 2.75) is 31.8 Å². The molecule has 3 heteroatoms. The quantitative estimate of drug-likeness (QED) is 0.788. The highest BCUT2D eigenvalue weighted by Crippen LogP contribution is 2.41. The molecule has 1 fully saturated rings. The average Bonchev–Trinajstić information content (AvgIpc) is 3.10. The normalized spacial score (nSPS) is 19.1. The van der Waals surface area contributed by atoms with Crippen LogP contribution in [0.15, 0.2) is 30.3 Å². The van der Waals surface area contributed by atoms with Crippen LogP contribution in [0.4, 0.5) is 0 Å². The first kappa shape index (κ1) is 11.1. The summed E-state index contributed by atoms with van der Waals surface area (Å²) >= 11 is 0. The van der Waals surface area contributed by atoms with Crippen molar-refractivity contribution in [1.29, 1.82) is 0 Å². The van der Waals surface area contributed by atoms with Gasteiger partial charge in [-0.25, -0.2) is 0 Å². The minimum absolute atomic E-state index is 0.267. The van der Waals surface area contributed by atoms with Gasteiger partial charge in [-0.1, -0.05) is 30.3 Å². The van der Waals surface area contributed by atoms with Crippen LogP contribution in [-0.2, 0) is 4.79 Å². The maximum Gasteiger partial charge on any atom is 0.234 e. The van der Waals surface area contributed by atoms with Crippen molar-refractivity contribution in [3.63, 3.8) is 0 Å². The summed E-state index contributed by atoms with van der Waals surface area (Å²) in [6.07, 6.45) is 2.47. The lowest BCUT2D eigenvalue weighted by Crippen LogP contribution is -2.41. The fourth-order valence-electron chi connectivity index (χ4n) is 1.95. The molecule has 2 unspecified atom stereocenters. The van der Waals surface area contributed by atoms with Gasteiger partial charge in [-0.2, -0.15) is 0 Å². The number of rotatable bonds is 5. The number of hydrogen-bond acceptors (Lipinski definition) is 2. The lowest BCUT2D eigenvalue weighted by atomic mass is 10.0. The van der Waals surface area contributed by atoms with Crippen LogP contribution in [0.25, 0.3) is 0 Å². The number of nitrogens with one attached hydrogen (secondary N) is 1. The first-order valence-corrected chi connectivity index (χ1v) is 5.79. The summed E-state index contributed by atoms with van der Waals surface area (Å²) in [6, 6.07) is 10.3. The summed E-state index contributed by atoms with van der Waals surface area (Å²) in [7, 11) is 0. The summed E-state index contributed by atoms with van der Waals surface area (Å²) in [6.45, 7) is 1.82. The monoisotopic (exact) mass is 218 g/mol. The third kappa shape index (κ3) is 2.61. The molecule has 0 bridgehead atoms. The SMILES string of the molecule is CC(NC(c1ccccc1)C1CC1)C(N)=O. The fraction of sp³-hybridized carbons (Fsp3) is 0.462. The van der Waals surface area contributed by atoms with E-state index >= 15 is 0 Å². The fourth-order valence-corrected chi connectivity index (χ4v) is 1.95. The molecular formula is C13H18N2O. The second-order valence-electron chi connectivity index (χ2n) is 4.52. The smallest absolute Gasteiger partial charge is 0.234 e. The Balaban J connectivity index is 2.09. The molecule has 0 aromatic heterocycles. The van der Waals surface area contributed by atoms with Crippen LogP contribution in [-0.4, -0.2) is 11.9 Å². The average molecular weight is 218 g/mol. The van der Waals surface area contributed by atoms with Gasteiger partial charge in [-0.05, 0) is 31.2 Å². The molecule has 16 heavy (non-hydrogen) atoms. The summed E-state index contributed by atoms with van der Waals surface area (Å²) in [4.78, 5) is 11.1. The minimum atomic E-state index is -0.290. The van der Waals surface area contributed by atoms with Gasteiger partial charge in [0.15, 0.2) is 0 Å². The molecule has 3 nitrogen and oxygen atoms in total. The Hall–Kier alpha value is -1.35. The van der Waals surface area contributed by atoms with Gasteiger partial charge < -0.3 is 5.73 Å². The van der Waals surface area contributed by atoms with E-state index in [-0.39, 0.29) is 18.0 Å². The van der Waals surface area contributed by atoms with Crippen LogP contribution in [0.5, 0.6) is 0 Å². The molecule has 3 N–H and O–H groups in total. The molecule has 2 atom stereocenters. The van der Waals surface area contributed by atoms with Gasteiger partial charge in [0.05, 0.1) is 6.04 Å². The lowest BCUT2D eigenvalue weighted by molar-refractivity contribution is -0.119. The molecule has 1 saturated carbocycles. The van der Waals surface area contributed by atoms with Gasteiger partial charge in [0.1, 0.15) is 0 Å². The van der Waals surface area contributed by atoms with Crippen LogP contribution in [0.3, 0.4) is 0 Å². The number of hydrogen-bond donors (Lipinski definition) is 2. The molecule has 0 heterocycles. The van der Waals surface area contributed by atoms with Crippen LogP contribution in [0.1, 0.15) is 31.4 Å².